The van der Waals surface area contributed by atoms with Gasteiger partial charge in [0.15, 0.2) is 18.9 Å². The summed E-state index contributed by atoms with van der Waals surface area (Å²) in [6.45, 7) is 1.68. The maximum absolute atomic E-state index is 13.4. The highest BCUT2D eigenvalue weighted by Gasteiger charge is 2.53. The fourth-order valence-electron chi connectivity index (χ4n) is 11.6. The Morgan fingerprint density at radius 3 is 1.16 bits per heavy atom. The van der Waals surface area contributed by atoms with Crippen LogP contribution in [0.15, 0.2) is 36.5 Å². The number of carbonyl (C=O) groups excluding carboxylic acids is 1. The molecule has 86 heavy (non-hydrogen) atoms. The van der Waals surface area contributed by atoms with Crippen LogP contribution in [-0.4, -0.2) is 193 Å². The molecule has 3 aliphatic rings. The minimum Gasteiger partial charge on any atom is -0.394 e. The SMILES string of the molecule is CCCCC/C=C/CC/C=C/CC/C=C/C(O)C(COC1OC(CO)C(OC2OC(CO)C(OC3OC(CO)C(O)C(O)C3O)C(O)C2O)C(O)C1O)NC(=O)CCCCCCCCCCCCCCCCCCCCCCCCCCCCCC. The summed E-state index contributed by atoms with van der Waals surface area (Å²) in [7, 11) is 0. The number of aliphatic hydroxyl groups is 11. The highest BCUT2D eigenvalue weighted by molar-refractivity contribution is 5.76. The minimum atomic E-state index is -1.98. The molecule has 0 aliphatic carbocycles. The number of rotatable bonds is 52. The van der Waals surface area contributed by atoms with E-state index in [0.717, 1.165) is 44.9 Å². The number of nitrogens with one attached hydrogen (secondary N) is 1. The summed E-state index contributed by atoms with van der Waals surface area (Å²) < 4.78 is 34.3. The molecule has 19 nitrogen and oxygen atoms in total. The van der Waals surface area contributed by atoms with E-state index in [1.165, 1.54) is 173 Å². The molecular weight excluding hydrogens is 1110 g/mol. The normalized spacial score (nSPS) is 29.0. The molecule has 0 aromatic rings. The quantitative estimate of drug-likeness (QED) is 0.0201. The van der Waals surface area contributed by atoms with Crippen LogP contribution in [0.3, 0.4) is 0 Å². The van der Waals surface area contributed by atoms with Crippen molar-refractivity contribution in [1.29, 1.82) is 0 Å². The zero-order valence-electron chi connectivity index (χ0n) is 53.0. The van der Waals surface area contributed by atoms with E-state index in [4.69, 9.17) is 28.4 Å². The molecule has 0 radical (unpaired) electrons. The van der Waals surface area contributed by atoms with Gasteiger partial charge in [-0.25, -0.2) is 0 Å². The molecule has 0 aromatic heterocycles. The van der Waals surface area contributed by atoms with E-state index in [-0.39, 0.29) is 18.9 Å². The number of ether oxygens (including phenoxy) is 6. The largest absolute Gasteiger partial charge is 0.394 e. The van der Waals surface area contributed by atoms with Crippen molar-refractivity contribution >= 4 is 5.91 Å². The standard InChI is InChI=1S/C67H123NO18/c1-3-5-7-9-11-13-15-17-18-19-20-21-22-23-24-25-26-27-28-29-30-31-33-35-37-39-41-43-45-55(73)68-50(51(72)44-42-40-38-36-34-32-16-14-12-10-8-6-4-2)49-81-65-61(79)58(76)63(53(47-70)83-65)86-67-62(80)59(77)64(54(48-71)84-67)85-66-60(78)57(75)56(74)52(46-69)82-66/h12,14,34,36,42,44,50-54,56-67,69-72,74-80H,3-11,13,15-33,35,37-41,43,45-49H2,1-2H3,(H,68,73)/b14-12+,36-34+,44-42+. The molecule has 0 saturated carbocycles. The topological polar surface area (TPSA) is 307 Å². The van der Waals surface area contributed by atoms with E-state index in [0.29, 0.717) is 12.8 Å². The van der Waals surface area contributed by atoms with Gasteiger partial charge in [0.05, 0.1) is 38.6 Å². The van der Waals surface area contributed by atoms with Crippen molar-refractivity contribution in [2.45, 2.75) is 356 Å². The van der Waals surface area contributed by atoms with Gasteiger partial charge in [-0.1, -0.05) is 237 Å². The second kappa shape index (κ2) is 49.7. The zero-order chi connectivity index (χ0) is 62.6. The molecule has 0 bridgehead atoms. The molecule has 0 spiro atoms. The van der Waals surface area contributed by atoms with Crippen LogP contribution < -0.4 is 5.32 Å². The first-order chi connectivity index (χ1) is 41.8. The number of amides is 1. The van der Waals surface area contributed by atoms with Gasteiger partial charge in [-0.05, 0) is 44.9 Å². The fourth-order valence-corrected chi connectivity index (χ4v) is 11.6. The first-order valence-electron chi connectivity index (χ1n) is 34.2. The van der Waals surface area contributed by atoms with Crippen molar-refractivity contribution in [3.63, 3.8) is 0 Å². The van der Waals surface area contributed by atoms with Crippen LogP contribution in [0.2, 0.25) is 0 Å². The molecule has 17 atom stereocenters. The van der Waals surface area contributed by atoms with Gasteiger partial charge in [-0.3, -0.25) is 4.79 Å². The second-order valence-corrected chi connectivity index (χ2v) is 24.6. The maximum atomic E-state index is 13.4. The third-order valence-corrected chi connectivity index (χ3v) is 17.2. The molecule has 19 heteroatoms. The number of aliphatic hydroxyl groups excluding tert-OH is 11. The van der Waals surface area contributed by atoms with E-state index in [1.807, 2.05) is 6.08 Å². The monoisotopic (exact) mass is 1230 g/mol. The third kappa shape index (κ3) is 31.8. The summed E-state index contributed by atoms with van der Waals surface area (Å²) in [4.78, 5) is 13.4. The Bertz CT molecular complexity index is 1710. The Balaban J connectivity index is 1.40. The molecular formula is C67H123NO18. The van der Waals surface area contributed by atoms with Crippen LogP contribution >= 0.6 is 0 Å². The van der Waals surface area contributed by atoms with Crippen molar-refractivity contribution in [2.75, 3.05) is 26.4 Å². The molecule has 3 saturated heterocycles. The molecule has 3 heterocycles. The van der Waals surface area contributed by atoms with Crippen molar-refractivity contribution in [1.82, 2.24) is 5.32 Å². The van der Waals surface area contributed by atoms with Gasteiger partial charge in [0.2, 0.25) is 5.91 Å². The van der Waals surface area contributed by atoms with Crippen LogP contribution in [0.1, 0.15) is 251 Å². The van der Waals surface area contributed by atoms with Crippen LogP contribution in [-0.2, 0) is 33.2 Å². The molecule has 0 aromatic carbocycles. The summed E-state index contributed by atoms with van der Waals surface area (Å²) in [6.07, 6.45) is 30.1. The van der Waals surface area contributed by atoms with Crippen molar-refractivity contribution < 1.29 is 89.4 Å². The lowest BCUT2D eigenvalue weighted by atomic mass is 9.96. The third-order valence-electron chi connectivity index (χ3n) is 17.2. The Hall–Kier alpha value is -1.99. The summed E-state index contributed by atoms with van der Waals surface area (Å²) in [6, 6.07) is -0.993. The van der Waals surface area contributed by atoms with Crippen molar-refractivity contribution in [3.05, 3.63) is 36.5 Å². The Morgan fingerprint density at radius 1 is 0.407 bits per heavy atom. The van der Waals surface area contributed by atoms with E-state index in [2.05, 4.69) is 43.5 Å². The summed E-state index contributed by atoms with van der Waals surface area (Å²) in [5.74, 6) is -0.287. The van der Waals surface area contributed by atoms with E-state index in [9.17, 15) is 61.0 Å². The van der Waals surface area contributed by atoms with Gasteiger partial charge < -0.3 is 89.9 Å². The molecule has 17 unspecified atom stereocenters. The van der Waals surface area contributed by atoms with Crippen LogP contribution in [0.4, 0.5) is 0 Å². The Morgan fingerprint density at radius 2 is 0.744 bits per heavy atom. The smallest absolute Gasteiger partial charge is 0.220 e. The molecule has 504 valence electrons. The lowest BCUT2D eigenvalue weighted by Crippen LogP contribution is -2.66. The lowest BCUT2D eigenvalue weighted by Gasteiger charge is -2.48. The van der Waals surface area contributed by atoms with Gasteiger partial charge in [0.25, 0.3) is 0 Å². The first-order valence-corrected chi connectivity index (χ1v) is 34.2. The summed E-state index contributed by atoms with van der Waals surface area (Å²) in [5, 5.41) is 120. The van der Waals surface area contributed by atoms with E-state index >= 15 is 0 Å². The van der Waals surface area contributed by atoms with Crippen LogP contribution in [0, 0.1) is 0 Å². The predicted octanol–water partition coefficient (Wildman–Crippen LogP) is 8.44. The van der Waals surface area contributed by atoms with Gasteiger partial charge in [0.1, 0.15) is 73.2 Å². The summed E-state index contributed by atoms with van der Waals surface area (Å²) in [5.41, 5.74) is 0. The molecule has 3 rings (SSSR count). The molecule has 12 N–H and O–H groups in total. The Labute approximate surface area is 517 Å². The van der Waals surface area contributed by atoms with Crippen molar-refractivity contribution in [3.8, 4) is 0 Å². The van der Waals surface area contributed by atoms with Crippen LogP contribution in [0.5, 0.6) is 0 Å². The number of allylic oxidation sites excluding steroid dienone is 5. The van der Waals surface area contributed by atoms with Gasteiger partial charge >= 0.3 is 0 Å². The number of unbranched alkanes of at least 4 members (excludes halogenated alkanes) is 32. The Kier molecular flexibility index (Phi) is 45.2. The first kappa shape index (κ1) is 78.3. The number of carbonyl (C=O) groups is 1. The fraction of sp³-hybridized carbons (Fsp3) is 0.896. The van der Waals surface area contributed by atoms with Gasteiger partial charge in [-0.15, -0.1) is 0 Å². The highest BCUT2D eigenvalue weighted by Crippen LogP contribution is 2.33. The number of hydrogen-bond acceptors (Lipinski definition) is 18. The molecule has 3 fully saturated rings. The zero-order valence-corrected chi connectivity index (χ0v) is 53.0. The van der Waals surface area contributed by atoms with Gasteiger partial charge in [0, 0.05) is 6.42 Å². The number of hydrogen-bond donors (Lipinski definition) is 12. The van der Waals surface area contributed by atoms with Gasteiger partial charge in [-0.2, -0.15) is 0 Å². The minimum absolute atomic E-state index is 0.236. The van der Waals surface area contributed by atoms with E-state index in [1.54, 1.807) is 6.08 Å². The average Bonchev–Trinajstić information content (AvgIpc) is 2.33. The maximum Gasteiger partial charge on any atom is 0.220 e. The second-order valence-electron chi connectivity index (χ2n) is 24.6. The van der Waals surface area contributed by atoms with Crippen LogP contribution in [0.25, 0.3) is 0 Å². The molecule has 1 amide bonds. The summed E-state index contributed by atoms with van der Waals surface area (Å²) >= 11 is 0. The predicted molar refractivity (Wildman–Crippen MR) is 333 cm³/mol. The average molecular weight is 1230 g/mol. The highest BCUT2D eigenvalue weighted by atomic mass is 16.8. The van der Waals surface area contributed by atoms with Crippen molar-refractivity contribution in [2.24, 2.45) is 0 Å². The van der Waals surface area contributed by atoms with E-state index < -0.39 is 124 Å². The molecule has 3 aliphatic heterocycles. The lowest BCUT2D eigenvalue weighted by molar-refractivity contribution is -0.379.